The summed E-state index contributed by atoms with van der Waals surface area (Å²) in [6.07, 6.45) is 0. The van der Waals surface area contributed by atoms with Crippen molar-refractivity contribution in [2.75, 3.05) is 33.3 Å². The van der Waals surface area contributed by atoms with Crippen LogP contribution in [0.15, 0.2) is 16.9 Å². The minimum atomic E-state index is -0.306. The van der Waals surface area contributed by atoms with Crippen molar-refractivity contribution in [3.63, 3.8) is 0 Å². The Balaban J connectivity index is 2.08. The van der Waals surface area contributed by atoms with Crippen LogP contribution in [0.2, 0.25) is 0 Å². The van der Waals surface area contributed by atoms with E-state index in [4.69, 9.17) is 4.74 Å². The van der Waals surface area contributed by atoms with Gasteiger partial charge in [-0.25, -0.2) is 4.68 Å². The van der Waals surface area contributed by atoms with E-state index in [1.54, 1.807) is 4.90 Å². The van der Waals surface area contributed by atoms with Crippen molar-refractivity contribution >= 4 is 5.91 Å². The van der Waals surface area contributed by atoms with Crippen LogP contribution >= 0.6 is 0 Å². The van der Waals surface area contributed by atoms with Crippen molar-refractivity contribution in [3.8, 4) is 5.88 Å². The Hall–Kier alpha value is -1.89. The first-order valence-electron chi connectivity index (χ1n) is 5.81. The topological polar surface area (TPSA) is 76.5 Å². The predicted molar refractivity (Wildman–Crippen MR) is 64.5 cm³/mol. The first kappa shape index (κ1) is 12.6. The minimum Gasteiger partial charge on any atom is -0.480 e. The molecule has 18 heavy (non-hydrogen) atoms. The number of ether oxygens (including phenoxy) is 1. The third-order valence-electron chi connectivity index (χ3n) is 2.81. The van der Waals surface area contributed by atoms with Crippen LogP contribution in [0.25, 0.3) is 0 Å². The van der Waals surface area contributed by atoms with E-state index in [2.05, 4.69) is 10.4 Å². The number of nitrogens with one attached hydrogen (secondary N) is 1. The fourth-order valence-electron chi connectivity index (χ4n) is 1.79. The zero-order valence-corrected chi connectivity index (χ0v) is 10.3. The van der Waals surface area contributed by atoms with Crippen molar-refractivity contribution in [1.82, 2.24) is 20.0 Å². The number of methoxy groups -OCH3 is 1. The SMILES string of the molecule is COc1ccc(=O)n(CC(=O)N2CCNCC2)n1. The van der Waals surface area contributed by atoms with E-state index < -0.39 is 0 Å². The number of aromatic nitrogens is 2. The number of nitrogens with zero attached hydrogens (tertiary/aromatic N) is 3. The first-order chi connectivity index (χ1) is 8.70. The van der Waals surface area contributed by atoms with E-state index in [1.165, 1.54) is 19.2 Å². The van der Waals surface area contributed by atoms with Gasteiger partial charge in [-0.3, -0.25) is 9.59 Å². The summed E-state index contributed by atoms with van der Waals surface area (Å²) in [5.41, 5.74) is -0.306. The van der Waals surface area contributed by atoms with Crippen molar-refractivity contribution < 1.29 is 9.53 Å². The molecule has 0 atom stereocenters. The normalized spacial score (nSPS) is 15.5. The van der Waals surface area contributed by atoms with E-state index >= 15 is 0 Å². The molecule has 0 aromatic carbocycles. The Bertz CT molecular complexity index is 479. The molecule has 2 rings (SSSR count). The van der Waals surface area contributed by atoms with Crippen LogP contribution < -0.4 is 15.6 Å². The molecule has 2 heterocycles. The second kappa shape index (κ2) is 5.63. The van der Waals surface area contributed by atoms with Crippen LogP contribution in [-0.4, -0.2) is 53.9 Å². The van der Waals surface area contributed by atoms with E-state index in [0.29, 0.717) is 19.0 Å². The molecule has 1 fully saturated rings. The quantitative estimate of drug-likeness (QED) is 0.722. The second-order valence-electron chi connectivity index (χ2n) is 4.00. The molecule has 1 aliphatic rings. The summed E-state index contributed by atoms with van der Waals surface area (Å²) in [6, 6.07) is 2.82. The second-order valence-corrected chi connectivity index (χ2v) is 4.00. The number of hydrogen-bond donors (Lipinski definition) is 1. The van der Waals surface area contributed by atoms with E-state index in [0.717, 1.165) is 17.8 Å². The number of rotatable bonds is 3. The molecule has 0 spiro atoms. The molecule has 1 aliphatic heterocycles. The number of amides is 1. The van der Waals surface area contributed by atoms with Gasteiger partial charge >= 0.3 is 0 Å². The molecule has 1 aromatic heterocycles. The molecule has 1 amide bonds. The summed E-state index contributed by atoms with van der Waals surface area (Å²) in [6.45, 7) is 2.85. The molecule has 1 aromatic rings. The monoisotopic (exact) mass is 252 g/mol. The smallest absolute Gasteiger partial charge is 0.267 e. The number of piperazine rings is 1. The van der Waals surface area contributed by atoms with Crippen LogP contribution in [0.1, 0.15) is 0 Å². The fourth-order valence-corrected chi connectivity index (χ4v) is 1.79. The molecule has 0 radical (unpaired) electrons. The highest BCUT2D eigenvalue weighted by Gasteiger charge is 2.17. The van der Waals surface area contributed by atoms with Crippen molar-refractivity contribution in [1.29, 1.82) is 0 Å². The number of hydrogen-bond acceptors (Lipinski definition) is 5. The largest absolute Gasteiger partial charge is 0.480 e. The van der Waals surface area contributed by atoms with Crippen molar-refractivity contribution in [2.45, 2.75) is 6.54 Å². The van der Waals surface area contributed by atoms with Gasteiger partial charge in [0.1, 0.15) is 6.54 Å². The molecular weight excluding hydrogens is 236 g/mol. The highest BCUT2D eigenvalue weighted by Crippen LogP contribution is 2.00. The number of carbonyl (C=O) groups excluding carboxylic acids is 1. The fraction of sp³-hybridized carbons (Fsp3) is 0.545. The standard InChI is InChI=1S/C11H16N4O3/c1-18-9-2-3-10(16)15(13-9)8-11(17)14-6-4-12-5-7-14/h2-3,12H,4-8H2,1H3. The highest BCUT2D eigenvalue weighted by atomic mass is 16.5. The Labute approximate surface area is 104 Å². The molecule has 0 aliphatic carbocycles. The average molecular weight is 252 g/mol. The Kier molecular flexibility index (Phi) is 3.93. The van der Waals surface area contributed by atoms with Crippen LogP contribution in [0.3, 0.4) is 0 Å². The van der Waals surface area contributed by atoms with E-state index in [9.17, 15) is 9.59 Å². The van der Waals surface area contributed by atoms with Crippen LogP contribution in [0, 0.1) is 0 Å². The lowest BCUT2D eigenvalue weighted by Crippen LogP contribution is -2.48. The predicted octanol–water partition coefficient (Wildman–Crippen LogP) is -1.32. The summed E-state index contributed by atoms with van der Waals surface area (Å²) in [4.78, 5) is 25.3. The lowest BCUT2D eigenvalue weighted by atomic mass is 10.3. The van der Waals surface area contributed by atoms with Gasteiger partial charge < -0.3 is 15.0 Å². The maximum Gasteiger partial charge on any atom is 0.267 e. The van der Waals surface area contributed by atoms with E-state index in [-0.39, 0.29) is 18.0 Å². The van der Waals surface area contributed by atoms with Crippen LogP contribution in [-0.2, 0) is 11.3 Å². The molecule has 0 bridgehead atoms. The molecule has 0 unspecified atom stereocenters. The third-order valence-corrected chi connectivity index (χ3v) is 2.81. The summed E-state index contributed by atoms with van der Waals surface area (Å²) >= 11 is 0. The van der Waals surface area contributed by atoms with E-state index in [1.807, 2.05) is 0 Å². The van der Waals surface area contributed by atoms with Gasteiger partial charge in [0.05, 0.1) is 7.11 Å². The Morgan fingerprint density at radius 3 is 2.83 bits per heavy atom. The van der Waals surface area contributed by atoms with Gasteiger partial charge in [0.2, 0.25) is 11.8 Å². The first-order valence-corrected chi connectivity index (χ1v) is 5.81. The molecule has 1 N–H and O–H groups in total. The zero-order valence-electron chi connectivity index (χ0n) is 10.3. The van der Waals surface area contributed by atoms with Gasteiger partial charge in [-0.1, -0.05) is 0 Å². The maximum atomic E-state index is 12.0. The Morgan fingerprint density at radius 1 is 1.44 bits per heavy atom. The molecule has 7 nitrogen and oxygen atoms in total. The lowest BCUT2D eigenvalue weighted by Gasteiger charge is -2.27. The van der Waals surface area contributed by atoms with Gasteiger partial charge in [-0.15, -0.1) is 5.10 Å². The van der Waals surface area contributed by atoms with Gasteiger partial charge in [0.15, 0.2) is 0 Å². The molecular formula is C11H16N4O3. The van der Waals surface area contributed by atoms with Crippen molar-refractivity contribution in [2.24, 2.45) is 0 Å². The Morgan fingerprint density at radius 2 is 2.17 bits per heavy atom. The summed E-state index contributed by atoms with van der Waals surface area (Å²) in [5.74, 6) is 0.224. The van der Waals surface area contributed by atoms with Crippen molar-refractivity contribution in [3.05, 3.63) is 22.5 Å². The summed E-state index contributed by atoms with van der Waals surface area (Å²) in [7, 11) is 1.47. The minimum absolute atomic E-state index is 0.0456. The summed E-state index contributed by atoms with van der Waals surface area (Å²) in [5, 5.41) is 7.11. The molecule has 0 saturated carbocycles. The zero-order chi connectivity index (χ0) is 13.0. The molecule has 7 heteroatoms. The molecule has 1 saturated heterocycles. The van der Waals surface area contributed by atoms with Gasteiger partial charge in [0.25, 0.3) is 5.56 Å². The highest BCUT2D eigenvalue weighted by molar-refractivity contribution is 5.76. The van der Waals surface area contributed by atoms with Gasteiger partial charge in [-0.2, -0.15) is 0 Å². The third kappa shape index (κ3) is 2.86. The van der Waals surface area contributed by atoms with Crippen LogP contribution in [0.5, 0.6) is 5.88 Å². The van der Waals surface area contributed by atoms with Gasteiger partial charge in [0, 0.05) is 38.3 Å². The van der Waals surface area contributed by atoms with Crippen LogP contribution in [0.4, 0.5) is 0 Å². The van der Waals surface area contributed by atoms with Gasteiger partial charge in [-0.05, 0) is 0 Å². The lowest BCUT2D eigenvalue weighted by molar-refractivity contribution is -0.132. The molecule has 98 valence electrons. The number of carbonyl (C=O) groups is 1. The maximum absolute atomic E-state index is 12.0. The average Bonchev–Trinajstić information content (AvgIpc) is 2.42. The summed E-state index contributed by atoms with van der Waals surface area (Å²) < 4.78 is 6.06.